The Bertz CT molecular complexity index is 1050. The van der Waals surface area contributed by atoms with Crippen molar-refractivity contribution in [2.75, 3.05) is 0 Å². The standard InChI is InChI=1S/C18H13ClN4OS/c1-23-10-20-14-7-6-11(8-15(14)23)9-16-17(24)22-18(25-16)21-13-5-3-2-4-12(13)19/h2-10H,1H3,(H,21,22,24)/b16-9+. The average molecular weight is 369 g/mol. The molecule has 1 aromatic heterocycles. The number of para-hydroxylation sites is 1. The minimum absolute atomic E-state index is 0.166. The van der Waals surface area contributed by atoms with Crippen molar-refractivity contribution in [3.63, 3.8) is 0 Å². The van der Waals surface area contributed by atoms with E-state index in [1.807, 2.05) is 48.0 Å². The lowest BCUT2D eigenvalue weighted by Gasteiger charge is -1.98. The predicted octanol–water partition coefficient (Wildman–Crippen LogP) is 4.12. The number of amides is 1. The number of carbonyl (C=O) groups is 1. The molecule has 1 N–H and O–H groups in total. The molecule has 0 atom stereocenters. The van der Waals surface area contributed by atoms with Crippen LogP contribution in [0.3, 0.4) is 0 Å². The van der Waals surface area contributed by atoms with Gasteiger partial charge in [0.25, 0.3) is 5.91 Å². The van der Waals surface area contributed by atoms with Crippen LogP contribution in [0.1, 0.15) is 5.56 Å². The van der Waals surface area contributed by atoms with E-state index in [2.05, 4.69) is 15.3 Å². The molecule has 0 aliphatic carbocycles. The van der Waals surface area contributed by atoms with Crippen molar-refractivity contribution in [1.82, 2.24) is 14.9 Å². The summed E-state index contributed by atoms with van der Waals surface area (Å²) in [5.41, 5.74) is 3.51. The fourth-order valence-corrected chi connectivity index (χ4v) is 3.53. The zero-order valence-electron chi connectivity index (χ0n) is 13.2. The maximum atomic E-state index is 12.2. The fraction of sp³-hybridized carbons (Fsp3) is 0.0556. The first-order valence-corrected chi connectivity index (χ1v) is 8.75. The van der Waals surface area contributed by atoms with Crippen molar-refractivity contribution >= 4 is 57.2 Å². The zero-order valence-corrected chi connectivity index (χ0v) is 14.8. The SMILES string of the molecule is Cn1cnc2ccc(/C=C3/SC(=Nc4ccccc4Cl)NC3=O)cc21. The van der Waals surface area contributed by atoms with Gasteiger partial charge in [-0.05, 0) is 47.7 Å². The van der Waals surface area contributed by atoms with Crippen LogP contribution >= 0.6 is 23.4 Å². The van der Waals surface area contributed by atoms with E-state index in [0.29, 0.717) is 20.8 Å². The summed E-state index contributed by atoms with van der Waals surface area (Å²) in [5, 5.41) is 3.84. The van der Waals surface area contributed by atoms with Gasteiger partial charge in [0, 0.05) is 7.05 Å². The molecule has 0 radical (unpaired) electrons. The molecule has 3 aromatic rings. The number of nitrogens with one attached hydrogen (secondary N) is 1. The van der Waals surface area contributed by atoms with Gasteiger partial charge in [0.1, 0.15) is 0 Å². The second-order valence-electron chi connectivity index (χ2n) is 5.54. The van der Waals surface area contributed by atoms with Crippen LogP contribution in [0.2, 0.25) is 5.02 Å². The Morgan fingerprint density at radius 3 is 2.96 bits per heavy atom. The third-order valence-electron chi connectivity index (χ3n) is 3.77. The number of aryl methyl sites for hydroxylation is 1. The number of amidine groups is 1. The number of hydrogen-bond acceptors (Lipinski definition) is 4. The summed E-state index contributed by atoms with van der Waals surface area (Å²) in [4.78, 5) is 21.5. The summed E-state index contributed by atoms with van der Waals surface area (Å²) in [6.07, 6.45) is 3.62. The van der Waals surface area contributed by atoms with Gasteiger partial charge in [-0.3, -0.25) is 4.79 Å². The van der Waals surface area contributed by atoms with Crippen molar-refractivity contribution in [3.8, 4) is 0 Å². The van der Waals surface area contributed by atoms with Crippen LogP contribution in [-0.2, 0) is 11.8 Å². The predicted molar refractivity (Wildman–Crippen MR) is 103 cm³/mol. The lowest BCUT2D eigenvalue weighted by atomic mass is 10.2. The molecule has 2 aromatic carbocycles. The molecule has 0 spiro atoms. The maximum Gasteiger partial charge on any atom is 0.264 e. The van der Waals surface area contributed by atoms with Crippen LogP contribution in [0, 0.1) is 0 Å². The van der Waals surface area contributed by atoms with Gasteiger partial charge in [0.2, 0.25) is 0 Å². The molecular weight excluding hydrogens is 356 g/mol. The number of fused-ring (bicyclic) bond motifs is 1. The third kappa shape index (κ3) is 3.18. The van der Waals surface area contributed by atoms with Gasteiger partial charge in [0.05, 0.1) is 33.0 Å². The van der Waals surface area contributed by atoms with Crippen LogP contribution in [0.4, 0.5) is 5.69 Å². The minimum Gasteiger partial charge on any atom is -0.334 e. The average Bonchev–Trinajstić information content (AvgIpc) is 3.13. The van der Waals surface area contributed by atoms with Crippen LogP contribution in [-0.4, -0.2) is 20.6 Å². The molecule has 25 heavy (non-hydrogen) atoms. The quantitative estimate of drug-likeness (QED) is 0.692. The Kier molecular flexibility index (Phi) is 4.07. The van der Waals surface area contributed by atoms with Crippen LogP contribution in [0.25, 0.3) is 17.1 Å². The molecular formula is C18H13ClN4OS. The molecule has 7 heteroatoms. The third-order valence-corrected chi connectivity index (χ3v) is 5.00. The molecule has 4 rings (SSSR count). The zero-order chi connectivity index (χ0) is 17.4. The van der Waals surface area contributed by atoms with E-state index in [-0.39, 0.29) is 5.91 Å². The highest BCUT2D eigenvalue weighted by Gasteiger charge is 2.24. The number of rotatable bonds is 2. The van der Waals surface area contributed by atoms with Gasteiger partial charge >= 0.3 is 0 Å². The maximum absolute atomic E-state index is 12.2. The molecule has 1 saturated heterocycles. The lowest BCUT2D eigenvalue weighted by molar-refractivity contribution is -0.115. The molecule has 1 fully saturated rings. The number of nitrogens with zero attached hydrogens (tertiary/aromatic N) is 3. The van der Waals surface area contributed by atoms with Crippen molar-refractivity contribution in [1.29, 1.82) is 0 Å². The van der Waals surface area contributed by atoms with Crippen LogP contribution in [0.15, 0.2) is 58.7 Å². The van der Waals surface area contributed by atoms with E-state index < -0.39 is 0 Å². The highest BCUT2D eigenvalue weighted by atomic mass is 35.5. The second kappa shape index (κ2) is 6.38. The van der Waals surface area contributed by atoms with Gasteiger partial charge in [-0.25, -0.2) is 9.98 Å². The molecule has 0 unspecified atom stereocenters. The highest BCUT2D eigenvalue weighted by Crippen LogP contribution is 2.31. The number of aliphatic imine (C=N–C) groups is 1. The number of carbonyl (C=O) groups excluding carboxylic acids is 1. The van der Waals surface area contributed by atoms with Crippen LogP contribution < -0.4 is 5.32 Å². The van der Waals surface area contributed by atoms with E-state index in [0.717, 1.165) is 16.6 Å². The number of halogens is 1. The van der Waals surface area contributed by atoms with Crippen molar-refractivity contribution in [3.05, 3.63) is 64.3 Å². The molecule has 1 amide bonds. The highest BCUT2D eigenvalue weighted by molar-refractivity contribution is 8.18. The Labute approximate surface area is 153 Å². The Hall–Kier alpha value is -2.57. The second-order valence-corrected chi connectivity index (χ2v) is 6.97. The number of imidazole rings is 1. The van der Waals surface area contributed by atoms with Gasteiger partial charge < -0.3 is 9.88 Å². The van der Waals surface area contributed by atoms with Gasteiger partial charge in [0.15, 0.2) is 5.17 Å². The number of aromatic nitrogens is 2. The Balaban J connectivity index is 1.64. The summed E-state index contributed by atoms with van der Waals surface area (Å²) >= 11 is 7.41. The van der Waals surface area contributed by atoms with E-state index in [4.69, 9.17) is 11.6 Å². The topological polar surface area (TPSA) is 59.3 Å². The van der Waals surface area contributed by atoms with Crippen molar-refractivity contribution in [2.24, 2.45) is 12.0 Å². The molecule has 0 saturated carbocycles. The smallest absolute Gasteiger partial charge is 0.264 e. The molecule has 2 heterocycles. The summed E-state index contributed by atoms with van der Waals surface area (Å²) in [7, 11) is 1.94. The minimum atomic E-state index is -0.166. The largest absolute Gasteiger partial charge is 0.334 e. The molecule has 1 aliphatic heterocycles. The molecule has 5 nitrogen and oxygen atoms in total. The Morgan fingerprint density at radius 1 is 1.28 bits per heavy atom. The first-order chi connectivity index (χ1) is 12.1. The number of benzene rings is 2. The monoisotopic (exact) mass is 368 g/mol. The summed E-state index contributed by atoms with van der Waals surface area (Å²) < 4.78 is 1.95. The summed E-state index contributed by atoms with van der Waals surface area (Å²) in [6.45, 7) is 0. The first-order valence-electron chi connectivity index (χ1n) is 7.55. The Morgan fingerprint density at radius 2 is 2.12 bits per heavy atom. The van der Waals surface area contributed by atoms with E-state index in [1.54, 1.807) is 18.5 Å². The molecule has 0 bridgehead atoms. The number of thioether (sulfide) groups is 1. The number of hydrogen-bond donors (Lipinski definition) is 1. The molecule has 124 valence electrons. The summed E-state index contributed by atoms with van der Waals surface area (Å²) in [5.74, 6) is -0.166. The summed E-state index contributed by atoms with van der Waals surface area (Å²) in [6, 6.07) is 13.2. The van der Waals surface area contributed by atoms with Gasteiger partial charge in [-0.2, -0.15) is 0 Å². The van der Waals surface area contributed by atoms with Crippen molar-refractivity contribution in [2.45, 2.75) is 0 Å². The lowest BCUT2D eigenvalue weighted by Crippen LogP contribution is -2.19. The molecule has 1 aliphatic rings. The fourth-order valence-electron chi connectivity index (χ4n) is 2.52. The van der Waals surface area contributed by atoms with Crippen molar-refractivity contribution < 1.29 is 4.79 Å². The van der Waals surface area contributed by atoms with Gasteiger partial charge in [-0.15, -0.1) is 0 Å². The normalized spacial score (nSPS) is 17.6. The van der Waals surface area contributed by atoms with Crippen LogP contribution in [0.5, 0.6) is 0 Å². The first kappa shape index (κ1) is 15.9. The van der Waals surface area contributed by atoms with E-state index in [1.165, 1.54) is 11.8 Å². The van der Waals surface area contributed by atoms with E-state index in [9.17, 15) is 4.79 Å². The van der Waals surface area contributed by atoms with Gasteiger partial charge in [-0.1, -0.05) is 29.8 Å². The van der Waals surface area contributed by atoms with E-state index >= 15 is 0 Å².